The van der Waals surface area contributed by atoms with E-state index < -0.39 is 0 Å². The van der Waals surface area contributed by atoms with Crippen LogP contribution in [0.25, 0.3) is 0 Å². The van der Waals surface area contributed by atoms with E-state index in [2.05, 4.69) is 56.9 Å². The van der Waals surface area contributed by atoms with E-state index in [9.17, 15) is 0 Å². The SMILES string of the molecule is CCC1=C(CC)C2OC1CC2C#Cc1ccc(C)cc1. The summed E-state index contributed by atoms with van der Waals surface area (Å²) in [5, 5.41) is 0. The molecule has 1 nitrogen and oxygen atoms in total. The van der Waals surface area contributed by atoms with Crippen LogP contribution in [0.3, 0.4) is 0 Å². The predicted molar refractivity (Wildman–Crippen MR) is 82.4 cm³/mol. The number of hydrogen-bond donors (Lipinski definition) is 0. The predicted octanol–water partition coefficient (Wildman–Crippen LogP) is 4.25. The summed E-state index contributed by atoms with van der Waals surface area (Å²) in [6, 6.07) is 8.44. The molecule has 1 heteroatoms. The van der Waals surface area contributed by atoms with Crippen LogP contribution in [0.5, 0.6) is 0 Å². The lowest BCUT2D eigenvalue weighted by atomic mass is 9.82. The lowest BCUT2D eigenvalue weighted by molar-refractivity contribution is 0.104. The molecule has 0 aliphatic carbocycles. The van der Waals surface area contributed by atoms with Crippen molar-refractivity contribution in [3.63, 3.8) is 0 Å². The smallest absolute Gasteiger partial charge is 0.0935 e. The minimum atomic E-state index is 0.262. The molecule has 0 spiro atoms. The van der Waals surface area contributed by atoms with E-state index in [4.69, 9.17) is 4.74 Å². The van der Waals surface area contributed by atoms with Gasteiger partial charge < -0.3 is 4.74 Å². The third-order valence-corrected chi connectivity index (χ3v) is 4.50. The maximum absolute atomic E-state index is 6.12. The first kappa shape index (κ1) is 13.5. The van der Waals surface area contributed by atoms with Gasteiger partial charge in [-0.05, 0) is 49.5 Å². The second-order valence-electron chi connectivity index (χ2n) is 5.78. The minimum absolute atomic E-state index is 0.262. The Balaban J connectivity index is 1.79. The average molecular weight is 266 g/mol. The molecule has 104 valence electrons. The number of fused-ring (bicyclic) bond motifs is 2. The van der Waals surface area contributed by atoms with Gasteiger partial charge in [0.2, 0.25) is 0 Å². The quantitative estimate of drug-likeness (QED) is 0.574. The fourth-order valence-corrected chi connectivity index (χ4v) is 3.45. The molecule has 3 unspecified atom stereocenters. The molecule has 2 aliphatic rings. The zero-order valence-electron chi connectivity index (χ0n) is 12.6. The fourth-order valence-electron chi connectivity index (χ4n) is 3.45. The second-order valence-corrected chi connectivity index (χ2v) is 5.78. The molecule has 2 aliphatic heterocycles. The third-order valence-electron chi connectivity index (χ3n) is 4.50. The molecule has 3 rings (SSSR count). The maximum Gasteiger partial charge on any atom is 0.0935 e. The highest BCUT2D eigenvalue weighted by Crippen LogP contribution is 2.45. The summed E-state index contributed by atoms with van der Waals surface area (Å²) in [4.78, 5) is 0. The summed E-state index contributed by atoms with van der Waals surface area (Å²) in [7, 11) is 0. The third kappa shape index (κ3) is 2.30. The average Bonchev–Trinajstić information content (AvgIpc) is 3.03. The van der Waals surface area contributed by atoms with E-state index in [1.54, 1.807) is 5.57 Å². The molecule has 0 aromatic heterocycles. The van der Waals surface area contributed by atoms with Gasteiger partial charge in [0.15, 0.2) is 0 Å². The second kappa shape index (κ2) is 5.46. The van der Waals surface area contributed by atoms with Gasteiger partial charge in [-0.1, -0.05) is 43.4 Å². The van der Waals surface area contributed by atoms with Crippen LogP contribution in [-0.2, 0) is 4.74 Å². The Bertz CT molecular complexity index is 582. The van der Waals surface area contributed by atoms with Crippen LogP contribution < -0.4 is 0 Å². The van der Waals surface area contributed by atoms with Crippen molar-refractivity contribution in [2.75, 3.05) is 0 Å². The van der Waals surface area contributed by atoms with E-state index in [1.165, 1.54) is 11.1 Å². The van der Waals surface area contributed by atoms with Gasteiger partial charge in [0.1, 0.15) is 0 Å². The van der Waals surface area contributed by atoms with E-state index in [0.29, 0.717) is 12.0 Å². The van der Waals surface area contributed by atoms with E-state index in [0.717, 1.165) is 24.8 Å². The van der Waals surface area contributed by atoms with Gasteiger partial charge >= 0.3 is 0 Å². The summed E-state index contributed by atoms with van der Waals surface area (Å²) in [5.41, 5.74) is 5.46. The highest BCUT2D eigenvalue weighted by molar-refractivity contribution is 5.40. The monoisotopic (exact) mass is 266 g/mol. The molecule has 1 aromatic rings. The fraction of sp³-hybridized carbons (Fsp3) is 0.474. The minimum Gasteiger partial charge on any atom is -0.365 e. The molecule has 2 heterocycles. The number of ether oxygens (including phenoxy) is 1. The van der Waals surface area contributed by atoms with Gasteiger partial charge in [-0.3, -0.25) is 0 Å². The van der Waals surface area contributed by atoms with Crippen molar-refractivity contribution in [1.29, 1.82) is 0 Å². The zero-order valence-corrected chi connectivity index (χ0v) is 12.6. The molecule has 2 bridgehead atoms. The van der Waals surface area contributed by atoms with Crippen molar-refractivity contribution < 1.29 is 4.74 Å². The summed E-state index contributed by atoms with van der Waals surface area (Å²) < 4.78 is 6.12. The van der Waals surface area contributed by atoms with Crippen molar-refractivity contribution in [2.45, 2.75) is 52.2 Å². The molecule has 1 saturated heterocycles. The number of aryl methyl sites for hydroxylation is 1. The van der Waals surface area contributed by atoms with Gasteiger partial charge in [0, 0.05) is 5.56 Å². The summed E-state index contributed by atoms with van der Waals surface area (Å²) in [5.74, 6) is 7.15. The van der Waals surface area contributed by atoms with E-state index in [-0.39, 0.29) is 6.10 Å². The lowest BCUT2D eigenvalue weighted by Gasteiger charge is -2.19. The van der Waals surface area contributed by atoms with E-state index in [1.807, 2.05) is 0 Å². The summed E-state index contributed by atoms with van der Waals surface area (Å²) in [6.45, 7) is 6.58. The van der Waals surface area contributed by atoms with Gasteiger partial charge in [0.05, 0.1) is 18.1 Å². The Kier molecular flexibility index (Phi) is 3.68. The van der Waals surface area contributed by atoms with Crippen LogP contribution in [0.4, 0.5) is 0 Å². The Labute approximate surface area is 122 Å². The number of benzene rings is 1. The van der Waals surface area contributed by atoms with E-state index >= 15 is 0 Å². The first-order valence-electron chi connectivity index (χ1n) is 7.68. The van der Waals surface area contributed by atoms with Crippen LogP contribution in [0.1, 0.15) is 44.2 Å². The molecule has 0 N–H and O–H groups in total. The standard InChI is InChI=1S/C19H22O/c1-4-16-17(5-2)19-15(12-18(16)20-19)11-10-14-8-6-13(3)7-9-14/h6-9,15,18-19H,4-5,12H2,1-3H3. The van der Waals surface area contributed by atoms with Crippen molar-refractivity contribution in [3.05, 3.63) is 46.5 Å². The van der Waals surface area contributed by atoms with Crippen LogP contribution >= 0.6 is 0 Å². The van der Waals surface area contributed by atoms with Crippen LogP contribution in [0.15, 0.2) is 35.4 Å². The molecule has 3 atom stereocenters. The van der Waals surface area contributed by atoms with Crippen molar-refractivity contribution in [2.24, 2.45) is 5.92 Å². The normalized spacial score (nSPS) is 27.6. The molecular weight excluding hydrogens is 244 g/mol. The first-order chi connectivity index (χ1) is 9.72. The Hall–Kier alpha value is -1.52. The Morgan fingerprint density at radius 2 is 1.80 bits per heavy atom. The van der Waals surface area contributed by atoms with Crippen molar-refractivity contribution >= 4 is 0 Å². The first-order valence-corrected chi connectivity index (χ1v) is 7.68. The molecule has 0 amide bonds. The van der Waals surface area contributed by atoms with Gasteiger partial charge in [0.25, 0.3) is 0 Å². The van der Waals surface area contributed by atoms with Crippen molar-refractivity contribution in [3.8, 4) is 11.8 Å². The molecule has 1 fully saturated rings. The van der Waals surface area contributed by atoms with Gasteiger partial charge in [-0.25, -0.2) is 0 Å². The zero-order chi connectivity index (χ0) is 14.1. The highest BCUT2D eigenvalue weighted by atomic mass is 16.5. The van der Waals surface area contributed by atoms with Crippen LogP contribution in [0, 0.1) is 24.7 Å². The van der Waals surface area contributed by atoms with Gasteiger partial charge in [-0.15, -0.1) is 0 Å². The topological polar surface area (TPSA) is 9.23 Å². The molecule has 1 aromatic carbocycles. The molecular formula is C19H22O. The van der Waals surface area contributed by atoms with Crippen LogP contribution in [0.2, 0.25) is 0 Å². The Morgan fingerprint density at radius 1 is 1.10 bits per heavy atom. The lowest BCUT2D eigenvalue weighted by Crippen LogP contribution is -2.18. The molecule has 0 radical (unpaired) electrons. The van der Waals surface area contributed by atoms with Crippen LogP contribution in [-0.4, -0.2) is 12.2 Å². The summed E-state index contributed by atoms with van der Waals surface area (Å²) >= 11 is 0. The van der Waals surface area contributed by atoms with Crippen molar-refractivity contribution in [1.82, 2.24) is 0 Å². The highest BCUT2D eigenvalue weighted by Gasteiger charge is 2.44. The largest absolute Gasteiger partial charge is 0.365 e. The molecule has 0 saturated carbocycles. The summed E-state index contributed by atoms with van der Waals surface area (Å²) in [6.07, 6.45) is 3.92. The maximum atomic E-state index is 6.12. The number of hydrogen-bond acceptors (Lipinski definition) is 1. The number of rotatable bonds is 2. The Morgan fingerprint density at radius 3 is 2.45 bits per heavy atom. The molecule has 20 heavy (non-hydrogen) atoms. The van der Waals surface area contributed by atoms with Gasteiger partial charge in [-0.2, -0.15) is 0 Å².